The molecule has 9 heavy (non-hydrogen) atoms. The Morgan fingerprint density at radius 2 is 2.00 bits per heavy atom. The van der Waals surface area contributed by atoms with Gasteiger partial charge in [0.1, 0.15) is 0 Å². The quantitative estimate of drug-likeness (QED) is 0.544. The van der Waals surface area contributed by atoms with Crippen molar-refractivity contribution >= 4 is 0 Å². The van der Waals surface area contributed by atoms with Crippen molar-refractivity contribution in [3.05, 3.63) is 0 Å². The van der Waals surface area contributed by atoms with E-state index in [2.05, 4.69) is 4.90 Å². The van der Waals surface area contributed by atoms with E-state index in [9.17, 15) is 0 Å². The molecular weight excluding hydrogens is 114 g/mol. The summed E-state index contributed by atoms with van der Waals surface area (Å²) in [6.45, 7) is 2.07. The molecule has 2 rings (SSSR count). The molecule has 1 N–H and O–H groups in total. The molecule has 1 aliphatic carbocycles. The van der Waals surface area contributed by atoms with E-state index in [1.165, 1.54) is 12.8 Å². The SMILES string of the molecule is O[C@@H]1CCN(C2CC2)C1. The average Bonchev–Trinajstić information content (AvgIpc) is 2.58. The molecule has 1 heterocycles. The first-order valence-corrected chi connectivity index (χ1v) is 3.78. The van der Waals surface area contributed by atoms with Gasteiger partial charge in [0.2, 0.25) is 0 Å². The van der Waals surface area contributed by atoms with Gasteiger partial charge in [0.15, 0.2) is 0 Å². The Balaban J connectivity index is 1.86. The van der Waals surface area contributed by atoms with Crippen molar-refractivity contribution in [3.8, 4) is 0 Å². The van der Waals surface area contributed by atoms with Crippen molar-refractivity contribution in [1.82, 2.24) is 4.90 Å². The summed E-state index contributed by atoms with van der Waals surface area (Å²) < 4.78 is 0. The number of β-amino-alcohol motifs (C(OH)–C–C–N with tert-alkyl or cyclic N) is 1. The van der Waals surface area contributed by atoms with Crippen LogP contribution in [-0.4, -0.2) is 35.2 Å². The number of hydrogen-bond donors (Lipinski definition) is 1. The van der Waals surface area contributed by atoms with Crippen molar-refractivity contribution < 1.29 is 5.11 Å². The van der Waals surface area contributed by atoms with Gasteiger partial charge in [0.05, 0.1) is 6.10 Å². The second kappa shape index (κ2) is 1.96. The molecule has 1 aliphatic heterocycles. The molecule has 0 aromatic carbocycles. The van der Waals surface area contributed by atoms with E-state index in [1.807, 2.05) is 0 Å². The van der Waals surface area contributed by atoms with Crippen LogP contribution in [0.5, 0.6) is 0 Å². The Morgan fingerprint density at radius 1 is 1.22 bits per heavy atom. The number of likely N-dealkylation sites (tertiary alicyclic amines) is 1. The van der Waals surface area contributed by atoms with E-state index < -0.39 is 0 Å². The Kier molecular flexibility index (Phi) is 1.24. The maximum absolute atomic E-state index is 9.13. The van der Waals surface area contributed by atoms with Crippen LogP contribution in [-0.2, 0) is 0 Å². The molecule has 0 bridgehead atoms. The van der Waals surface area contributed by atoms with Gasteiger partial charge >= 0.3 is 0 Å². The highest BCUT2D eigenvalue weighted by Crippen LogP contribution is 2.29. The third-order valence-corrected chi connectivity index (χ3v) is 2.26. The van der Waals surface area contributed by atoms with Crippen LogP contribution in [0.25, 0.3) is 0 Å². The van der Waals surface area contributed by atoms with Crippen molar-refractivity contribution in [2.24, 2.45) is 0 Å². The standard InChI is InChI=1S/C7H13NO/c9-7-3-4-8(5-7)6-1-2-6/h6-7,9H,1-5H2/t7-/m1/s1. The van der Waals surface area contributed by atoms with Crippen molar-refractivity contribution in [1.29, 1.82) is 0 Å². The molecule has 1 atom stereocenters. The van der Waals surface area contributed by atoms with Crippen LogP contribution in [0.3, 0.4) is 0 Å². The highest BCUT2D eigenvalue weighted by Gasteiger charge is 2.33. The van der Waals surface area contributed by atoms with Gasteiger partial charge in [0.25, 0.3) is 0 Å². The van der Waals surface area contributed by atoms with E-state index in [4.69, 9.17) is 5.11 Å². The van der Waals surface area contributed by atoms with Crippen LogP contribution in [0.2, 0.25) is 0 Å². The maximum atomic E-state index is 9.13. The zero-order chi connectivity index (χ0) is 6.27. The van der Waals surface area contributed by atoms with E-state index in [-0.39, 0.29) is 6.10 Å². The third-order valence-electron chi connectivity index (χ3n) is 2.26. The summed E-state index contributed by atoms with van der Waals surface area (Å²) in [6.07, 6.45) is 3.71. The minimum atomic E-state index is -0.0226. The first-order valence-electron chi connectivity index (χ1n) is 3.78. The number of rotatable bonds is 1. The molecule has 0 aromatic rings. The van der Waals surface area contributed by atoms with Crippen LogP contribution < -0.4 is 0 Å². The summed E-state index contributed by atoms with van der Waals surface area (Å²) in [5.74, 6) is 0. The smallest absolute Gasteiger partial charge is 0.0679 e. The Hall–Kier alpha value is -0.0800. The molecule has 0 amide bonds. The van der Waals surface area contributed by atoms with Gasteiger partial charge in [-0.15, -0.1) is 0 Å². The molecule has 2 aliphatic rings. The molecule has 2 fully saturated rings. The minimum Gasteiger partial charge on any atom is -0.392 e. The predicted octanol–water partition coefficient (Wildman–Crippen LogP) is 0.215. The lowest BCUT2D eigenvalue weighted by atomic mass is 10.3. The lowest BCUT2D eigenvalue weighted by Gasteiger charge is -2.11. The third kappa shape index (κ3) is 1.10. The molecule has 52 valence electrons. The first-order chi connectivity index (χ1) is 4.36. The molecule has 1 saturated carbocycles. The number of hydrogen-bond acceptors (Lipinski definition) is 2. The zero-order valence-electron chi connectivity index (χ0n) is 5.58. The van der Waals surface area contributed by atoms with Gasteiger partial charge in [0, 0.05) is 19.1 Å². The molecule has 0 unspecified atom stereocenters. The normalized spacial score (nSPS) is 37.7. The molecule has 1 saturated heterocycles. The zero-order valence-corrected chi connectivity index (χ0v) is 5.58. The molecule has 2 heteroatoms. The Labute approximate surface area is 55.5 Å². The fourth-order valence-electron chi connectivity index (χ4n) is 1.54. The molecule has 0 radical (unpaired) electrons. The van der Waals surface area contributed by atoms with E-state index >= 15 is 0 Å². The van der Waals surface area contributed by atoms with E-state index in [1.54, 1.807) is 0 Å². The summed E-state index contributed by atoms with van der Waals surface area (Å²) in [7, 11) is 0. The molecular formula is C7H13NO. The lowest BCUT2D eigenvalue weighted by molar-refractivity contribution is 0.174. The molecule has 0 spiro atoms. The van der Waals surface area contributed by atoms with Gasteiger partial charge < -0.3 is 5.11 Å². The van der Waals surface area contributed by atoms with Crippen LogP contribution in [0.1, 0.15) is 19.3 Å². The van der Waals surface area contributed by atoms with Crippen molar-refractivity contribution in [2.45, 2.75) is 31.4 Å². The highest BCUT2D eigenvalue weighted by atomic mass is 16.3. The lowest BCUT2D eigenvalue weighted by Crippen LogP contribution is -2.23. The second-order valence-corrected chi connectivity index (χ2v) is 3.17. The highest BCUT2D eigenvalue weighted by molar-refractivity contribution is 4.89. The van der Waals surface area contributed by atoms with Crippen molar-refractivity contribution in [3.63, 3.8) is 0 Å². The van der Waals surface area contributed by atoms with Gasteiger partial charge in [-0.2, -0.15) is 0 Å². The van der Waals surface area contributed by atoms with E-state index in [0.717, 1.165) is 25.6 Å². The average molecular weight is 127 g/mol. The number of aliphatic hydroxyl groups is 1. The number of aliphatic hydroxyl groups excluding tert-OH is 1. The summed E-state index contributed by atoms with van der Waals surface area (Å²) in [4.78, 5) is 2.41. The fraction of sp³-hybridized carbons (Fsp3) is 1.00. The fourth-order valence-corrected chi connectivity index (χ4v) is 1.54. The van der Waals surface area contributed by atoms with Crippen molar-refractivity contribution in [2.75, 3.05) is 13.1 Å². The molecule has 2 nitrogen and oxygen atoms in total. The summed E-state index contributed by atoms with van der Waals surface area (Å²) >= 11 is 0. The maximum Gasteiger partial charge on any atom is 0.0679 e. The Bertz CT molecular complexity index is 111. The molecule has 0 aromatic heterocycles. The van der Waals surface area contributed by atoms with Gasteiger partial charge in [-0.05, 0) is 19.3 Å². The monoisotopic (exact) mass is 127 g/mol. The summed E-state index contributed by atoms with van der Waals surface area (Å²) in [5, 5.41) is 9.13. The largest absolute Gasteiger partial charge is 0.392 e. The van der Waals surface area contributed by atoms with E-state index in [0.29, 0.717) is 0 Å². The summed E-state index contributed by atoms with van der Waals surface area (Å²) in [5.41, 5.74) is 0. The Morgan fingerprint density at radius 3 is 2.44 bits per heavy atom. The minimum absolute atomic E-state index is 0.0226. The number of nitrogens with zero attached hydrogens (tertiary/aromatic N) is 1. The topological polar surface area (TPSA) is 23.5 Å². The van der Waals surface area contributed by atoms with Crippen LogP contribution in [0, 0.1) is 0 Å². The van der Waals surface area contributed by atoms with Gasteiger partial charge in [-0.3, -0.25) is 4.90 Å². The summed E-state index contributed by atoms with van der Waals surface area (Å²) in [6, 6.07) is 0.849. The van der Waals surface area contributed by atoms with Gasteiger partial charge in [-0.25, -0.2) is 0 Å². The van der Waals surface area contributed by atoms with Crippen LogP contribution in [0.15, 0.2) is 0 Å². The second-order valence-electron chi connectivity index (χ2n) is 3.17. The van der Waals surface area contributed by atoms with Crippen LogP contribution in [0.4, 0.5) is 0 Å². The van der Waals surface area contributed by atoms with Gasteiger partial charge in [-0.1, -0.05) is 0 Å². The van der Waals surface area contributed by atoms with Crippen LogP contribution >= 0.6 is 0 Å². The predicted molar refractivity (Wildman–Crippen MR) is 35.2 cm³/mol. The first kappa shape index (κ1) is 5.69.